The predicted molar refractivity (Wildman–Crippen MR) is 115 cm³/mol. The number of carbonyl (C=O) groups excluding carboxylic acids is 1. The number of H-pyrrole nitrogens is 1. The summed E-state index contributed by atoms with van der Waals surface area (Å²) < 4.78 is 5.59. The molecule has 2 N–H and O–H groups in total. The van der Waals surface area contributed by atoms with Crippen LogP contribution in [0.3, 0.4) is 0 Å². The molecular weight excluding hydrogens is 360 g/mol. The molecule has 0 aliphatic heterocycles. The van der Waals surface area contributed by atoms with Gasteiger partial charge in [-0.15, -0.1) is 0 Å². The minimum atomic E-state index is -0.369. The number of ether oxygens (including phenoxy) is 1. The first-order valence-electron chi connectivity index (χ1n) is 9.95. The van der Waals surface area contributed by atoms with Gasteiger partial charge in [-0.2, -0.15) is 0 Å². The minimum Gasteiger partial charge on any atom is -0.449 e. The molecule has 144 valence electrons. The molecule has 3 aromatic carbocycles. The zero-order valence-corrected chi connectivity index (χ0v) is 16.0. The Hall–Kier alpha value is -3.53. The maximum Gasteiger partial charge on any atom is 0.407 e. The van der Waals surface area contributed by atoms with Crippen molar-refractivity contribution in [2.75, 3.05) is 13.2 Å². The summed E-state index contributed by atoms with van der Waals surface area (Å²) in [6.07, 6.45) is 2.39. The average molecular weight is 382 g/mol. The van der Waals surface area contributed by atoms with Crippen LogP contribution in [-0.4, -0.2) is 24.2 Å². The lowest BCUT2D eigenvalue weighted by Gasteiger charge is -2.14. The number of aromatic amines is 1. The topological polar surface area (TPSA) is 54.1 Å². The molecule has 0 radical (unpaired) electrons. The fraction of sp³-hybridized carbons (Fsp3) is 0.160. The summed E-state index contributed by atoms with van der Waals surface area (Å²) in [6.45, 7) is 0.880. The molecule has 0 saturated carbocycles. The van der Waals surface area contributed by atoms with Crippen LogP contribution in [0.5, 0.6) is 0 Å². The first-order valence-corrected chi connectivity index (χ1v) is 9.95. The van der Waals surface area contributed by atoms with E-state index in [1.807, 2.05) is 30.5 Å². The maximum atomic E-state index is 12.3. The molecule has 1 amide bonds. The van der Waals surface area contributed by atoms with E-state index in [9.17, 15) is 4.79 Å². The van der Waals surface area contributed by atoms with Gasteiger partial charge in [0, 0.05) is 29.6 Å². The molecule has 0 atom stereocenters. The quantitative estimate of drug-likeness (QED) is 0.495. The van der Waals surface area contributed by atoms with Crippen LogP contribution in [0.1, 0.15) is 22.6 Å². The smallest absolute Gasteiger partial charge is 0.407 e. The summed E-state index contributed by atoms with van der Waals surface area (Å²) in [5.74, 6) is 0.0850. The SMILES string of the molecule is O=C(NCCc1c[nH]c2ccccc12)OCC1c2ccccc2-c2ccccc21. The van der Waals surface area contributed by atoms with Crippen LogP contribution in [0.25, 0.3) is 22.0 Å². The van der Waals surface area contributed by atoms with Crippen molar-refractivity contribution in [2.45, 2.75) is 12.3 Å². The Morgan fingerprint density at radius 1 is 0.897 bits per heavy atom. The second-order valence-corrected chi connectivity index (χ2v) is 7.36. The lowest BCUT2D eigenvalue weighted by Crippen LogP contribution is -2.28. The van der Waals surface area contributed by atoms with Crippen LogP contribution in [-0.2, 0) is 11.2 Å². The molecule has 4 heteroatoms. The van der Waals surface area contributed by atoms with Crippen molar-refractivity contribution in [3.63, 3.8) is 0 Å². The molecule has 0 saturated heterocycles. The zero-order chi connectivity index (χ0) is 19.6. The standard InChI is InChI=1S/C25H22N2O2/c28-25(26-14-13-17-15-27-24-12-6-5-7-18(17)24)29-16-23-21-10-3-1-8-19(21)20-9-2-4-11-22(20)23/h1-12,15,23,27H,13-14,16H2,(H,26,28). The van der Waals surface area contributed by atoms with E-state index in [1.54, 1.807) is 0 Å². The van der Waals surface area contributed by atoms with Crippen molar-refractivity contribution in [3.8, 4) is 11.1 Å². The molecule has 4 aromatic rings. The van der Waals surface area contributed by atoms with E-state index >= 15 is 0 Å². The summed E-state index contributed by atoms with van der Waals surface area (Å²) in [7, 11) is 0. The average Bonchev–Trinajstić information content (AvgIpc) is 3.32. The van der Waals surface area contributed by atoms with Crippen molar-refractivity contribution >= 4 is 17.0 Å². The molecule has 0 unspecified atom stereocenters. The lowest BCUT2D eigenvalue weighted by molar-refractivity contribution is 0.143. The molecule has 5 rings (SSSR count). The van der Waals surface area contributed by atoms with Crippen molar-refractivity contribution in [3.05, 3.63) is 95.7 Å². The fourth-order valence-electron chi connectivity index (χ4n) is 4.29. The van der Waals surface area contributed by atoms with E-state index in [0.717, 1.165) is 11.9 Å². The van der Waals surface area contributed by atoms with Gasteiger partial charge in [-0.05, 0) is 40.3 Å². The number of benzene rings is 3. The molecule has 1 heterocycles. The number of para-hydroxylation sites is 1. The van der Waals surface area contributed by atoms with Crippen LogP contribution >= 0.6 is 0 Å². The number of amides is 1. The highest BCUT2D eigenvalue weighted by molar-refractivity contribution is 5.83. The Labute approximate surface area is 169 Å². The molecule has 1 aliphatic carbocycles. The normalized spacial score (nSPS) is 12.6. The number of nitrogens with one attached hydrogen (secondary N) is 2. The molecule has 4 nitrogen and oxygen atoms in total. The van der Waals surface area contributed by atoms with E-state index in [2.05, 4.69) is 58.8 Å². The Morgan fingerprint density at radius 3 is 2.31 bits per heavy atom. The minimum absolute atomic E-state index is 0.0850. The zero-order valence-electron chi connectivity index (χ0n) is 16.0. The second kappa shape index (κ2) is 7.47. The lowest BCUT2D eigenvalue weighted by atomic mass is 9.98. The first-order chi connectivity index (χ1) is 14.3. The van der Waals surface area contributed by atoms with Gasteiger partial charge in [0.1, 0.15) is 6.61 Å². The number of hydrogen-bond donors (Lipinski definition) is 2. The van der Waals surface area contributed by atoms with Crippen LogP contribution in [0, 0.1) is 0 Å². The Morgan fingerprint density at radius 2 is 1.55 bits per heavy atom. The van der Waals surface area contributed by atoms with Gasteiger partial charge < -0.3 is 15.0 Å². The number of carbonyl (C=O) groups is 1. The van der Waals surface area contributed by atoms with Gasteiger partial charge in [0.15, 0.2) is 0 Å². The highest BCUT2D eigenvalue weighted by atomic mass is 16.5. The van der Waals surface area contributed by atoms with E-state index in [1.165, 1.54) is 33.2 Å². The van der Waals surface area contributed by atoms with Crippen molar-refractivity contribution in [2.24, 2.45) is 0 Å². The van der Waals surface area contributed by atoms with E-state index in [4.69, 9.17) is 4.74 Å². The number of hydrogen-bond acceptors (Lipinski definition) is 2. The number of fused-ring (bicyclic) bond motifs is 4. The highest BCUT2D eigenvalue weighted by Crippen LogP contribution is 2.44. The third-order valence-corrected chi connectivity index (χ3v) is 5.68. The third-order valence-electron chi connectivity index (χ3n) is 5.68. The van der Waals surface area contributed by atoms with Gasteiger partial charge in [-0.25, -0.2) is 4.79 Å². The summed E-state index contributed by atoms with van der Waals surface area (Å²) >= 11 is 0. The molecule has 29 heavy (non-hydrogen) atoms. The van der Waals surface area contributed by atoms with Gasteiger partial charge in [0.05, 0.1) is 0 Å². The fourth-order valence-corrected chi connectivity index (χ4v) is 4.29. The molecule has 1 aliphatic rings. The third kappa shape index (κ3) is 3.27. The van der Waals surface area contributed by atoms with E-state index in [0.29, 0.717) is 13.2 Å². The Bertz CT molecular complexity index is 1130. The summed E-state index contributed by atoms with van der Waals surface area (Å²) in [5.41, 5.74) is 7.22. The van der Waals surface area contributed by atoms with Crippen molar-refractivity contribution in [1.29, 1.82) is 0 Å². The largest absolute Gasteiger partial charge is 0.449 e. The van der Waals surface area contributed by atoms with Crippen LogP contribution < -0.4 is 5.32 Å². The van der Waals surface area contributed by atoms with Gasteiger partial charge in [0.25, 0.3) is 0 Å². The van der Waals surface area contributed by atoms with Gasteiger partial charge >= 0.3 is 6.09 Å². The summed E-state index contributed by atoms with van der Waals surface area (Å²) in [4.78, 5) is 15.5. The molecule has 0 bridgehead atoms. The first kappa shape index (κ1) is 17.6. The van der Waals surface area contributed by atoms with Gasteiger partial charge in [0.2, 0.25) is 0 Å². The second-order valence-electron chi connectivity index (χ2n) is 7.36. The van der Waals surface area contributed by atoms with Crippen molar-refractivity contribution in [1.82, 2.24) is 10.3 Å². The number of aromatic nitrogens is 1. The monoisotopic (exact) mass is 382 g/mol. The summed E-state index contributed by atoms with van der Waals surface area (Å²) in [5, 5.41) is 4.08. The molecular formula is C25H22N2O2. The van der Waals surface area contributed by atoms with Crippen LogP contribution in [0.2, 0.25) is 0 Å². The van der Waals surface area contributed by atoms with Crippen molar-refractivity contribution < 1.29 is 9.53 Å². The Kier molecular flexibility index (Phi) is 4.53. The number of alkyl carbamates (subject to hydrolysis) is 1. The molecule has 0 fully saturated rings. The number of rotatable bonds is 5. The van der Waals surface area contributed by atoms with E-state index in [-0.39, 0.29) is 12.0 Å². The molecule has 1 aromatic heterocycles. The van der Waals surface area contributed by atoms with Gasteiger partial charge in [-0.3, -0.25) is 0 Å². The van der Waals surface area contributed by atoms with Gasteiger partial charge in [-0.1, -0.05) is 66.7 Å². The maximum absolute atomic E-state index is 12.3. The molecule has 0 spiro atoms. The van der Waals surface area contributed by atoms with Crippen LogP contribution in [0.4, 0.5) is 4.79 Å². The van der Waals surface area contributed by atoms with E-state index < -0.39 is 0 Å². The summed E-state index contributed by atoms with van der Waals surface area (Å²) in [6, 6.07) is 24.9. The Balaban J connectivity index is 1.20. The highest BCUT2D eigenvalue weighted by Gasteiger charge is 2.28. The predicted octanol–water partition coefficient (Wildman–Crippen LogP) is 5.25. The van der Waals surface area contributed by atoms with Crippen LogP contribution in [0.15, 0.2) is 79.0 Å².